The number of thiazole rings is 1. The lowest BCUT2D eigenvalue weighted by atomic mass is 10.3. The van der Waals surface area contributed by atoms with Crippen molar-refractivity contribution < 1.29 is 9.90 Å². The van der Waals surface area contributed by atoms with Gasteiger partial charge in [-0.05, 0) is 20.0 Å². The number of carbonyl (C=O) groups is 1. The van der Waals surface area contributed by atoms with E-state index in [-0.39, 0.29) is 6.42 Å². The second-order valence-electron chi connectivity index (χ2n) is 3.20. The Morgan fingerprint density at radius 3 is 3.07 bits per heavy atom. The smallest absolute Gasteiger partial charge is 0.303 e. The van der Waals surface area contributed by atoms with Gasteiger partial charge in [0.1, 0.15) is 0 Å². The number of carboxylic acids is 1. The SMILES string of the molecule is CN(CCCC(=O)O)Cc1cncs1. The molecular weight excluding hydrogens is 200 g/mol. The van der Waals surface area contributed by atoms with Crippen LogP contribution in [0.4, 0.5) is 0 Å². The van der Waals surface area contributed by atoms with Gasteiger partial charge in [0, 0.05) is 24.0 Å². The quantitative estimate of drug-likeness (QED) is 0.778. The third-order valence-electron chi connectivity index (χ3n) is 1.84. The van der Waals surface area contributed by atoms with Crippen LogP contribution in [0.25, 0.3) is 0 Å². The van der Waals surface area contributed by atoms with Gasteiger partial charge >= 0.3 is 5.97 Å². The van der Waals surface area contributed by atoms with Crippen LogP contribution < -0.4 is 0 Å². The van der Waals surface area contributed by atoms with Crippen molar-refractivity contribution in [2.75, 3.05) is 13.6 Å². The first kappa shape index (κ1) is 11.1. The first-order chi connectivity index (χ1) is 6.68. The van der Waals surface area contributed by atoms with Gasteiger partial charge in [-0.3, -0.25) is 9.78 Å². The maximum absolute atomic E-state index is 10.3. The third-order valence-corrected chi connectivity index (χ3v) is 2.60. The van der Waals surface area contributed by atoms with Crippen molar-refractivity contribution in [3.8, 4) is 0 Å². The van der Waals surface area contributed by atoms with Crippen LogP contribution in [0.2, 0.25) is 0 Å². The van der Waals surface area contributed by atoms with Gasteiger partial charge in [-0.15, -0.1) is 11.3 Å². The lowest BCUT2D eigenvalue weighted by molar-refractivity contribution is -0.137. The minimum Gasteiger partial charge on any atom is -0.481 e. The van der Waals surface area contributed by atoms with Crippen LogP contribution in [0.5, 0.6) is 0 Å². The Bertz CT molecular complexity index is 274. The molecule has 0 aliphatic rings. The maximum Gasteiger partial charge on any atom is 0.303 e. The standard InChI is InChI=1S/C9H14N2O2S/c1-11(4-2-3-9(12)13)6-8-5-10-7-14-8/h5,7H,2-4,6H2,1H3,(H,12,13). The molecule has 78 valence electrons. The number of hydrogen-bond donors (Lipinski definition) is 1. The Hall–Kier alpha value is -0.940. The summed E-state index contributed by atoms with van der Waals surface area (Å²) in [6.45, 7) is 1.66. The molecule has 5 heteroatoms. The molecule has 0 aromatic carbocycles. The second kappa shape index (κ2) is 5.72. The van der Waals surface area contributed by atoms with Crippen LogP contribution in [0, 0.1) is 0 Å². The van der Waals surface area contributed by atoms with Crippen LogP contribution in [0.1, 0.15) is 17.7 Å². The minimum atomic E-state index is -0.726. The summed E-state index contributed by atoms with van der Waals surface area (Å²) in [4.78, 5) is 17.6. The van der Waals surface area contributed by atoms with Crippen molar-refractivity contribution in [1.29, 1.82) is 0 Å². The van der Waals surface area contributed by atoms with Crippen LogP contribution in [-0.4, -0.2) is 34.6 Å². The molecule has 0 radical (unpaired) electrons. The van der Waals surface area contributed by atoms with Gasteiger partial charge in [0.05, 0.1) is 5.51 Å². The Balaban J connectivity index is 2.16. The summed E-state index contributed by atoms with van der Waals surface area (Å²) in [6, 6.07) is 0. The van der Waals surface area contributed by atoms with Crippen molar-refractivity contribution in [1.82, 2.24) is 9.88 Å². The number of rotatable bonds is 6. The molecule has 0 atom stereocenters. The first-order valence-corrected chi connectivity index (χ1v) is 5.34. The molecule has 4 nitrogen and oxygen atoms in total. The number of nitrogens with zero attached hydrogens (tertiary/aromatic N) is 2. The van der Waals surface area contributed by atoms with Crippen molar-refractivity contribution >= 4 is 17.3 Å². The summed E-state index contributed by atoms with van der Waals surface area (Å²) in [5.74, 6) is -0.726. The van der Waals surface area contributed by atoms with E-state index in [1.54, 1.807) is 16.8 Å². The number of carboxylic acid groups (broad SMARTS) is 1. The predicted molar refractivity (Wildman–Crippen MR) is 55.3 cm³/mol. The Kier molecular flexibility index (Phi) is 4.55. The molecule has 1 rings (SSSR count). The molecule has 0 amide bonds. The fourth-order valence-corrected chi connectivity index (χ4v) is 1.84. The average Bonchev–Trinajstić information content (AvgIpc) is 2.56. The zero-order valence-electron chi connectivity index (χ0n) is 8.14. The highest BCUT2D eigenvalue weighted by Crippen LogP contribution is 2.08. The lowest BCUT2D eigenvalue weighted by Gasteiger charge is -2.13. The van der Waals surface area contributed by atoms with E-state index in [1.807, 2.05) is 13.2 Å². The van der Waals surface area contributed by atoms with Crippen LogP contribution >= 0.6 is 11.3 Å². The zero-order chi connectivity index (χ0) is 10.4. The highest BCUT2D eigenvalue weighted by atomic mass is 32.1. The minimum absolute atomic E-state index is 0.243. The predicted octanol–water partition coefficient (Wildman–Crippen LogP) is 1.44. The molecule has 0 bridgehead atoms. The monoisotopic (exact) mass is 214 g/mol. The molecule has 0 aliphatic carbocycles. The van der Waals surface area contributed by atoms with Gasteiger partial charge in [0.15, 0.2) is 0 Å². The molecule has 1 heterocycles. The van der Waals surface area contributed by atoms with E-state index >= 15 is 0 Å². The second-order valence-corrected chi connectivity index (χ2v) is 4.17. The number of hydrogen-bond acceptors (Lipinski definition) is 4. The summed E-state index contributed by atoms with van der Waals surface area (Å²) >= 11 is 1.62. The molecule has 0 unspecified atom stereocenters. The van der Waals surface area contributed by atoms with Gasteiger partial charge in [-0.1, -0.05) is 0 Å². The molecule has 0 spiro atoms. The summed E-state index contributed by atoms with van der Waals surface area (Å²) in [5, 5.41) is 8.46. The molecule has 1 aromatic heterocycles. The van der Waals surface area contributed by atoms with Gasteiger partial charge < -0.3 is 10.0 Å². The summed E-state index contributed by atoms with van der Waals surface area (Å²) in [7, 11) is 1.99. The van der Waals surface area contributed by atoms with Crippen molar-refractivity contribution in [3.05, 3.63) is 16.6 Å². The molecule has 0 saturated heterocycles. The highest BCUT2D eigenvalue weighted by molar-refractivity contribution is 7.09. The molecule has 1 N–H and O–H groups in total. The van der Waals surface area contributed by atoms with E-state index in [4.69, 9.17) is 5.11 Å². The summed E-state index contributed by atoms with van der Waals surface area (Å²) in [6.07, 6.45) is 2.79. The summed E-state index contributed by atoms with van der Waals surface area (Å²) < 4.78 is 0. The number of aliphatic carboxylic acids is 1. The fourth-order valence-electron chi connectivity index (χ4n) is 1.17. The maximum atomic E-state index is 10.3. The lowest BCUT2D eigenvalue weighted by Crippen LogP contribution is -2.19. The van der Waals surface area contributed by atoms with E-state index in [2.05, 4.69) is 9.88 Å². The third kappa shape index (κ3) is 4.34. The van der Waals surface area contributed by atoms with Crippen LogP contribution in [0.15, 0.2) is 11.7 Å². The molecule has 0 saturated carbocycles. The molecule has 0 aliphatic heterocycles. The van der Waals surface area contributed by atoms with Crippen LogP contribution in [0.3, 0.4) is 0 Å². The Morgan fingerprint density at radius 2 is 2.50 bits per heavy atom. The number of aromatic nitrogens is 1. The Labute approximate surface area is 87.2 Å². The molecule has 1 aromatic rings. The zero-order valence-corrected chi connectivity index (χ0v) is 8.96. The molecular formula is C9H14N2O2S. The largest absolute Gasteiger partial charge is 0.481 e. The van der Waals surface area contributed by atoms with Gasteiger partial charge in [0.25, 0.3) is 0 Å². The van der Waals surface area contributed by atoms with E-state index in [9.17, 15) is 4.79 Å². The van der Waals surface area contributed by atoms with E-state index < -0.39 is 5.97 Å². The van der Waals surface area contributed by atoms with Crippen molar-refractivity contribution in [2.24, 2.45) is 0 Å². The topological polar surface area (TPSA) is 53.4 Å². The van der Waals surface area contributed by atoms with Gasteiger partial charge in [0.2, 0.25) is 0 Å². The van der Waals surface area contributed by atoms with Crippen LogP contribution in [-0.2, 0) is 11.3 Å². The van der Waals surface area contributed by atoms with Gasteiger partial charge in [-0.2, -0.15) is 0 Å². The molecule has 14 heavy (non-hydrogen) atoms. The van der Waals surface area contributed by atoms with Crippen molar-refractivity contribution in [3.63, 3.8) is 0 Å². The van der Waals surface area contributed by atoms with E-state index in [1.165, 1.54) is 4.88 Å². The van der Waals surface area contributed by atoms with Crippen molar-refractivity contribution in [2.45, 2.75) is 19.4 Å². The Morgan fingerprint density at radius 1 is 1.71 bits per heavy atom. The normalized spacial score (nSPS) is 10.7. The summed E-state index contributed by atoms with van der Waals surface area (Å²) in [5.41, 5.74) is 1.81. The van der Waals surface area contributed by atoms with E-state index in [0.29, 0.717) is 6.42 Å². The fraction of sp³-hybridized carbons (Fsp3) is 0.556. The molecule has 0 fully saturated rings. The van der Waals surface area contributed by atoms with E-state index in [0.717, 1.165) is 13.1 Å². The highest BCUT2D eigenvalue weighted by Gasteiger charge is 2.03. The van der Waals surface area contributed by atoms with Gasteiger partial charge in [-0.25, -0.2) is 0 Å². The average molecular weight is 214 g/mol. The first-order valence-electron chi connectivity index (χ1n) is 4.46.